The highest BCUT2D eigenvalue weighted by Gasteiger charge is 2.11. The first-order valence-corrected chi connectivity index (χ1v) is 9.07. The highest BCUT2D eigenvalue weighted by molar-refractivity contribution is 7.09. The van der Waals surface area contributed by atoms with Gasteiger partial charge in [0.25, 0.3) is 0 Å². The van der Waals surface area contributed by atoms with E-state index in [2.05, 4.69) is 34.7 Å². The standard InChI is InChI=1S/C18H23N3O2S/c1-13(10-15-4-2-9-24-15)12-20-18(19)21-14-5-6-16-17(11-14)23-8-3-7-22-16/h2,4-6,9,11,13H,3,7-8,10,12H2,1H3,(H3,19,20,21). The predicted octanol–water partition coefficient (Wildman–Crippen LogP) is 3.51. The molecule has 6 heteroatoms. The molecule has 5 nitrogen and oxygen atoms in total. The largest absolute Gasteiger partial charge is 0.490 e. The Bertz CT molecular complexity index is 686. The Morgan fingerprint density at radius 1 is 1.29 bits per heavy atom. The number of hydrogen-bond donors (Lipinski definition) is 2. The lowest BCUT2D eigenvalue weighted by atomic mass is 10.1. The zero-order valence-electron chi connectivity index (χ0n) is 13.8. The number of nitrogens with one attached hydrogen (secondary N) is 1. The SMILES string of the molecule is CC(CN=C(N)Nc1ccc2c(c1)OCCCO2)Cc1cccs1. The van der Waals surface area contributed by atoms with Crippen molar-refractivity contribution in [3.8, 4) is 11.5 Å². The van der Waals surface area contributed by atoms with Crippen molar-refractivity contribution in [2.45, 2.75) is 19.8 Å². The van der Waals surface area contributed by atoms with Gasteiger partial charge in [-0.1, -0.05) is 13.0 Å². The van der Waals surface area contributed by atoms with Crippen molar-refractivity contribution in [3.63, 3.8) is 0 Å². The summed E-state index contributed by atoms with van der Waals surface area (Å²) in [5, 5.41) is 5.22. The first kappa shape index (κ1) is 16.6. The minimum Gasteiger partial charge on any atom is -0.490 e. The van der Waals surface area contributed by atoms with E-state index in [4.69, 9.17) is 15.2 Å². The summed E-state index contributed by atoms with van der Waals surface area (Å²) in [5.41, 5.74) is 6.86. The number of fused-ring (bicyclic) bond motifs is 1. The second kappa shape index (κ2) is 8.06. The molecular formula is C18H23N3O2S. The van der Waals surface area contributed by atoms with Crippen LogP contribution in [-0.4, -0.2) is 25.7 Å². The number of hydrogen-bond acceptors (Lipinski definition) is 4. The van der Waals surface area contributed by atoms with Crippen molar-refractivity contribution in [1.82, 2.24) is 0 Å². The quantitative estimate of drug-likeness (QED) is 0.643. The van der Waals surface area contributed by atoms with E-state index in [-0.39, 0.29) is 0 Å². The van der Waals surface area contributed by atoms with Crippen LogP contribution in [0.15, 0.2) is 40.7 Å². The van der Waals surface area contributed by atoms with Gasteiger partial charge in [-0.3, -0.25) is 4.99 Å². The first-order chi connectivity index (χ1) is 11.7. The van der Waals surface area contributed by atoms with Gasteiger partial charge in [0.2, 0.25) is 0 Å². The van der Waals surface area contributed by atoms with Gasteiger partial charge in [-0.25, -0.2) is 0 Å². The molecule has 0 fully saturated rings. The summed E-state index contributed by atoms with van der Waals surface area (Å²) in [6, 6.07) is 9.96. The molecule has 128 valence electrons. The molecule has 1 atom stereocenters. The molecule has 24 heavy (non-hydrogen) atoms. The van der Waals surface area contributed by atoms with Gasteiger partial charge in [0, 0.05) is 29.6 Å². The Morgan fingerprint density at radius 2 is 2.12 bits per heavy atom. The number of benzene rings is 1. The van der Waals surface area contributed by atoms with Gasteiger partial charge in [-0.15, -0.1) is 11.3 Å². The normalized spacial score (nSPS) is 15.6. The zero-order valence-corrected chi connectivity index (χ0v) is 14.6. The third-order valence-corrected chi connectivity index (χ3v) is 4.62. The summed E-state index contributed by atoms with van der Waals surface area (Å²) >= 11 is 1.78. The van der Waals surface area contributed by atoms with Crippen LogP contribution in [0.3, 0.4) is 0 Å². The molecule has 0 aliphatic carbocycles. The molecule has 1 aromatic heterocycles. The molecule has 1 aromatic carbocycles. The Labute approximate surface area is 146 Å². The average Bonchev–Trinajstić information content (AvgIpc) is 2.96. The van der Waals surface area contributed by atoms with E-state index in [9.17, 15) is 0 Å². The minimum atomic E-state index is 0.419. The van der Waals surface area contributed by atoms with E-state index < -0.39 is 0 Å². The molecule has 2 aromatic rings. The Morgan fingerprint density at radius 3 is 2.92 bits per heavy atom. The number of nitrogens with zero attached hydrogens (tertiary/aromatic N) is 1. The van der Waals surface area contributed by atoms with Crippen LogP contribution in [-0.2, 0) is 6.42 Å². The van der Waals surface area contributed by atoms with Crippen molar-refractivity contribution in [2.24, 2.45) is 16.6 Å². The fraction of sp³-hybridized carbons (Fsp3) is 0.389. The molecular weight excluding hydrogens is 322 g/mol. The monoisotopic (exact) mass is 345 g/mol. The summed E-state index contributed by atoms with van der Waals surface area (Å²) in [5.74, 6) is 2.39. The summed E-state index contributed by atoms with van der Waals surface area (Å²) in [6.07, 6.45) is 1.92. The lowest BCUT2D eigenvalue weighted by Gasteiger charge is -2.11. The molecule has 0 saturated carbocycles. The molecule has 0 spiro atoms. The maximum Gasteiger partial charge on any atom is 0.193 e. The highest BCUT2D eigenvalue weighted by Crippen LogP contribution is 2.32. The third kappa shape index (κ3) is 4.64. The van der Waals surface area contributed by atoms with E-state index in [0.717, 1.165) is 30.0 Å². The van der Waals surface area contributed by atoms with Gasteiger partial charge < -0.3 is 20.5 Å². The molecule has 0 amide bonds. The fourth-order valence-corrected chi connectivity index (χ4v) is 3.39. The van der Waals surface area contributed by atoms with Gasteiger partial charge in [-0.2, -0.15) is 0 Å². The van der Waals surface area contributed by atoms with E-state index in [0.29, 0.717) is 31.6 Å². The predicted molar refractivity (Wildman–Crippen MR) is 99.3 cm³/mol. The van der Waals surface area contributed by atoms with Crippen molar-refractivity contribution in [1.29, 1.82) is 0 Å². The number of ether oxygens (including phenoxy) is 2. The van der Waals surface area contributed by atoms with Crippen LogP contribution < -0.4 is 20.5 Å². The summed E-state index contributed by atoms with van der Waals surface area (Å²) < 4.78 is 11.3. The first-order valence-electron chi connectivity index (χ1n) is 8.19. The van der Waals surface area contributed by atoms with Crippen LogP contribution in [0.4, 0.5) is 5.69 Å². The van der Waals surface area contributed by atoms with Crippen molar-refractivity contribution < 1.29 is 9.47 Å². The molecule has 1 aliphatic rings. The van der Waals surface area contributed by atoms with Gasteiger partial charge >= 0.3 is 0 Å². The molecule has 3 N–H and O–H groups in total. The van der Waals surface area contributed by atoms with Crippen LogP contribution >= 0.6 is 11.3 Å². The Balaban J connectivity index is 1.55. The van der Waals surface area contributed by atoms with Crippen LogP contribution in [0.1, 0.15) is 18.2 Å². The lowest BCUT2D eigenvalue weighted by molar-refractivity contribution is 0.297. The minimum absolute atomic E-state index is 0.419. The number of rotatable bonds is 5. The number of anilines is 1. The lowest BCUT2D eigenvalue weighted by Crippen LogP contribution is -2.23. The van der Waals surface area contributed by atoms with Gasteiger partial charge in [-0.05, 0) is 35.9 Å². The summed E-state index contributed by atoms with van der Waals surface area (Å²) in [6.45, 7) is 4.23. The molecule has 1 aliphatic heterocycles. The summed E-state index contributed by atoms with van der Waals surface area (Å²) in [7, 11) is 0. The van der Waals surface area contributed by atoms with Crippen LogP contribution in [0.2, 0.25) is 0 Å². The fourth-order valence-electron chi connectivity index (χ4n) is 2.52. The Kier molecular flexibility index (Phi) is 5.59. The van der Waals surface area contributed by atoms with E-state index in [1.165, 1.54) is 4.88 Å². The molecule has 0 radical (unpaired) electrons. The Hall–Kier alpha value is -2.21. The summed E-state index contributed by atoms with van der Waals surface area (Å²) in [4.78, 5) is 5.83. The number of nitrogens with two attached hydrogens (primary N) is 1. The van der Waals surface area contributed by atoms with Crippen LogP contribution in [0.5, 0.6) is 11.5 Å². The third-order valence-electron chi connectivity index (χ3n) is 3.72. The maximum atomic E-state index is 6.00. The average molecular weight is 345 g/mol. The van der Waals surface area contributed by atoms with Crippen molar-refractivity contribution >= 4 is 23.0 Å². The highest BCUT2D eigenvalue weighted by atomic mass is 32.1. The molecule has 2 heterocycles. The second-order valence-corrected chi connectivity index (χ2v) is 6.98. The molecule has 0 saturated heterocycles. The number of guanidine groups is 1. The second-order valence-electron chi connectivity index (χ2n) is 5.95. The van der Waals surface area contributed by atoms with Gasteiger partial charge in [0.1, 0.15) is 0 Å². The van der Waals surface area contributed by atoms with E-state index >= 15 is 0 Å². The van der Waals surface area contributed by atoms with Crippen molar-refractivity contribution in [2.75, 3.05) is 25.1 Å². The number of thiophene rings is 1. The molecule has 1 unspecified atom stereocenters. The zero-order chi connectivity index (χ0) is 16.8. The van der Waals surface area contributed by atoms with Crippen LogP contribution in [0, 0.1) is 5.92 Å². The van der Waals surface area contributed by atoms with Crippen LogP contribution in [0.25, 0.3) is 0 Å². The number of aliphatic imine (C=N–C) groups is 1. The van der Waals surface area contributed by atoms with Gasteiger partial charge in [0.05, 0.1) is 13.2 Å². The molecule has 0 bridgehead atoms. The maximum absolute atomic E-state index is 6.00. The van der Waals surface area contributed by atoms with Gasteiger partial charge in [0.15, 0.2) is 17.5 Å². The molecule has 3 rings (SSSR count). The topological polar surface area (TPSA) is 68.9 Å². The van der Waals surface area contributed by atoms with Crippen molar-refractivity contribution in [3.05, 3.63) is 40.6 Å². The van der Waals surface area contributed by atoms with E-state index in [1.807, 2.05) is 18.2 Å². The van der Waals surface area contributed by atoms with E-state index in [1.54, 1.807) is 11.3 Å². The smallest absolute Gasteiger partial charge is 0.193 e.